The third-order valence-corrected chi connectivity index (χ3v) is 5.33. The number of ether oxygens (including phenoxy) is 1. The summed E-state index contributed by atoms with van der Waals surface area (Å²) in [5.74, 6) is 0.286. The second-order valence-electron chi connectivity index (χ2n) is 6.43. The molecule has 3 aromatic heterocycles. The quantitative estimate of drug-likeness (QED) is 0.707. The van der Waals surface area contributed by atoms with Crippen LogP contribution in [0.1, 0.15) is 33.8 Å². The summed E-state index contributed by atoms with van der Waals surface area (Å²) < 4.78 is 11.3. The van der Waals surface area contributed by atoms with E-state index in [1.165, 1.54) is 23.6 Å². The summed E-state index contributed by atoms with van der Waals surface area (Å²) in [6.07, 6.45) is 2.89. The van der Waals surface area contributed by atoms with Crippen molar-refractivity contribution in [3.05, 3.63) is 53.3 Å². The maximum absolute atomic E-state index is 12.8. The van der Waals surface area contributed by atoms with Crippen molar-refractivity contribution in [1.82, 2.24) is 15.0 Å². The Kier molecular flexibility index (Phi) is 5.07. The van der Waals surface area contributed by atoms with Crippen LogP contribution >= 0.6 is 11.3 Å². The van der Waals surface area contributed by atoms with Gasteiger partial charge in [0.05, 0.1) is 11.4 Å². The number of hydrogen-bond acceptors (Lipinski definition) is 7. The number of thiophene rings is 1. The van der Waals surface area contributed by atoms with Gasteiger partial charge in [-0.05, 0) is 30.4 Å². The molecule has 28 heavy (non-hydrogen) atoms. The van der Waals surface area contributed by atoms with Gasteiger partial charge in [0.1, 0.15) is 17.5 Å². The number of aromatic nitrogens is 2. The zero-order valence-corrected chi connectivity index (χ0v) is 15.7. The third-order valence-electron chi connectivity index (χ3n) is 4.45. The van der Waals surface area contributed by atoms with Gasteiger partial charge in [-0.2, -0.15) is 0 Å². The Morgan fingerprint density at radius 2 is 2.18 bits per heavy atom. The molecule has 0 aliphatic carbocycles. The van der Waals surface area contributed by atoms with E-state index < -0.39 is 5.91 Å². The zero-order chi connectivity index (χ0) is 19.5. The van der Waals surface area contributed by atoms with Gasteiger partial charge in [0.25, 0.3) is 11.8 Å². The smallest absolute Gasteiger partial charge is 0.276 e. The summed E-state index contributed by atoms with van der Waals surface area (Å²) in [7, 11) is 0. The van der Waals surface area contributed by atoms with E-state index in [2.05, 4.69) is 10.1 Å². The van der Waals surface area contributed by atoms with Crippen LogP contribution in [0.3, 0.4) is 0 Å². The first-order valence-corrected chi connectivity index (χ1v) is 9.70. The topological polar surface area (TPSA) is 112 Å². The van der Waals surface area contributed by atoms with Crippen molar-refractivity contribution in [2.75, 3.05) is 13.1 Å². The Balaban J connectivity index is 1.43. The van der Waals surface area contributed by atoms with Gasteiger partial charge in [-0.25, -0.2) is 0 Å². The van der Waals surface area contributed by atoms with E-state index in [0.717, 1.165) is 17.7 Å². The molecule has 1 atom stereocenters. The first kappa shape index (κ1) is 18.2. The second-order valence-corrected chi connectivity index (χ2v) is 7.38. The molecule has 1 aliphatic heterocycles. The van der Waals surface area contributed by atoms with Crippen LogP contribution in [0.2, 0.25) is 0 Å². The van der Waals surface area contributed by atoms with E-state index in [4.69, 9.17) is 15.0 Å². The molecule has 1 fully saturated rings. The van der Waals surface area contributed by atoms with Gasteiger partial charge < -0.3 is 19.9 Å². The van der Waals surface area contributed by atoms with E-state index in [9.17, 15) is 9.59 Å². The molecule has 8 nitrogen and oxygen atoms in total. The number of likely N-dealkylation sites (tertiary alicyclic amines) is 1. The van der Waals surface area contributed by atoms with Crippen LogP contribution in [0.4, 0.5) is 0 Å². The van der Waals surface area contributed by atoms with Crippen LogP contribution in [0, 0.1) is 0 Å². The highest BCUT2D eigenvalue weighted by Crippen LogP contribution is 2.26. The summed E-state index contributed by atoms with van der Waals surface area (Å²) >= 11 is 1.52. The number of carbonyl (C=O) groups excluding carboxylic acids is 2. The third kappa shape index (κ3) is 3.89. The van der Waals surface area contributed by atoms with E-state index in [0.29, 0.717) is 24.6 Å². The molecule has 2 amide bonds. The summed E-state index contributed by atoms with van der Waals surface area (Å²) in [4.78, 5) is 30.6. The normalized spacial score (nSPS) is 16.7. The lowest BCUT2D eigenvalue weighted by Crippen LogP contribution is -2.44. The predicted octanol–water partition coefficient (Wildman–Crippen LogP) is 2.58. The minimum absolute atomic E-state index is 0.143. The average molecular weight is 398 g/mol. The molecule has 2 N–H and O–H groups in total. The SMILES string of the molecule is NC(=O)c1cc(OC2CCCN(C(=O)c3cc(-c4cccs4)on3)C2)ccn1. The number of nitrogens with two attached hydrogens (primary N) is 1. The van der Waals surface area contributed by atoms with E-state index >= 15 is 0 Å². The van der Waals surface area contributed by atoms with Crippen molar-refractivity contribution in [2.45, 2.75) is 18.9 Å². The van der Waals surface area contributed by atoms with Gasteiger partial charge >= 0.3 is 0 Å². The standard InChI is InChI=1S/C19H18N4O4S/c20-18(24)14-9-12(5-6-21-14)26-13-3-1-7-23(11-13)19(25)15-10-16(27-22-15)17-4-2-8-28-17/h2,4-6,8-10,13H,1,3,7,11H2,(H2,20,24). The van der Waals surface area contributed by atoms with Crippen LogP contribution in [0.5, 0.6) is 5.75 Å². The lowest BCUT2D eigenvalue weighted by molar-refractivity contribution is 0.0528. The van der Waals surface area contributed by atoms with E-state index in [-0.39, 0.29) is 23.4 Å². The predicted molar refractivity (Wildman–Crippen MR) is 102 cm³/mol. The highest BCUT2D eigenvalue weighted by atomic mass is 32.1. The van der Waals surface area contributed by atoms with Crippen LogP contribution in [0.15, 0.2) is 46.4 Å². The molecular weight excluding hydrogens is 380 g/mol. The van der Waals surface area contributed by atoms with Crippen molar-refractivity contribution in [3.63, 3.8) is 0 Å². The fourth-order valence-electron chi connectivity index (χ4n) is 3.10. The molecule has 0 radical (unpaired) electrons. The lowest BCUT2D eigenvalue weighted by atomic mass is 10.1. The van der Waals surface area contributed by atoms with E-state index in [1.807, 2.05) is 17.5 Å². The summed E-state index contributed by atoms with van der Waals surface area (Å²) in [6, 6.07) is 8.67. The Bertz CT molecular complexity index is 986. The van der Waals surface area contributed by atoms with Crippen molar-refractivity contribution in [2.24, 2.45) is 5.73 Å². The Labute approximate surface area is 164 Å². The van der Waals surface area contributed by atoms with Crippen molar-refractivity contribution in [1.29, 1.82) is 0 Å². The number of primary amides is 1. The number of carbonyl (C=O) groups is 2. The summed E-state index contributed by atoms with van der Waals surface area (Å²) in [6.45, 7) is 1.05. The van der Waals surface area contributed by atoms with Crippen molar-refractivity contribution < 1.29 is 18.8 Å². The maximum Gasteiger partial charge on any atom is 0.276 e. The minimum Gasteiger partial charge on any atom is -0.488 e. The fourth-order valence-corrected chi connectivity index (χ4v) is 3.78. The van der Waals surface area contributed by atoms with Gasteiger partial charge in [-0.15, -0.1) is 11.3 Å². The average Bonchev–Trinajstić information content (AvgIpc) is 3.39. The molecule has 0 saturated carbocycles. The molecule has 1 aliphatic rings. The highest BCUT2D eigenvalue weighted by molar-refractivity contribution is 7.13. The minimum atomic E-state index is -0.613. The molecule has 0 bridgehead atoms. The van der Waals surface area contributed by atoms with Gasteiger partial charge in [-0.3, -0.25) is 14.6 Å². The molecule has 4 heterocycles. The highest BCUT2D eigenvalue weighted by Gasteiger charge is 2.28. The number of pyridine rings is 1. The number of piperidine rings is 1. The molecule has 3 aromatic rings. The maximum atomic E-state index is 12.8. The molecule has 144 valence electrons. The second kappa shape index (κ2) is 7.81. The van der Waals surface area contributed by atoms with Gasteiger partial charge in [0.2, 0.25) is 0 Å². The zero-order valence-electron chi connectivity index (χ0n) is 14.9. The number of nitrogens with zero attached hydrogens (tertiary/aromatic N) is 3. The number of rotatable bonds is 5. The van der Waals surface area contributed by atoms with Crippen LogP contribution in [-0.4, -0.2) is 46.0 Å². The Morgan fingerprint density at radius 3 is 2.96 bits per heavy atom. The lowest BCUT2D eigenvalue weighted by Gasteiger charge is -2.32. The monoisotopic (exact) mass is 398 g/mol. The summed E-state index contributed by atoms with van der Waals surface area (Å²) in [5, 5.41) is 5.87. The van der Waals surface area contributed by atoms with Gasteiger partial charge in [0, 0.05) is 24.9 Å². The molecule has 1 saturated heterocycles. The van der Waals surface area contributed by atoms with Crippen molar-refractivity contribution in [3.8, 4) is 16.4 Å². The van der Waals surface area contributed by atoms with Crippen LogP contribution in [0.25, 0.3) is 10.6 Å². The van der Waals surface area contributed by atoms with Gasteiger partial charge in [-0.1, -0.05) is 11.2 Å². The molecule has 0 spiro atoms. The van der Waals surface area contributed by atoms with Crippen LogP contribution in [-0.2, 0) is 0 Å². The summed E-state index contributed by atoms with van der Waals surface area (Å²) in [5.41, 5.74) is 5.68. The first-order valence-electron chi connectivity index (χ1n) is 8.82. The molecule has 9 heteroatoms. The van der Waals surface area contributed by atoms with Crippen LogP contribution < -0.4 is 10.5 Å². The molecule has 4 rings (SSSR count). The number of amides is 2. The largest absolute Gasteiger partial charge is 0.488 e. The molecule has 1 unspecified atom stereocenters. The first-order chi connectivity index (χ1) is 13.6. The Hall–Kier alpha value is -3.20. The number of hydrogen-bond donors (Lipinski definition) is 1. The van der Waals surface area contributed by atoms with Gasteiger partial charge in [0.15, 0.2) is 11.5 Å². The fraction of sp³-hybridized carbons (Fsp3) is 0.263. The van der Waals surface area contributed by atoms with Crippen molar-refractivity contribution >= 4 is 23.2 Å². The molecule has 0 aromatic carbocycles. The Morgan fingerprint density at radius 1 is 1.29 bits per heavy atom. The molecular formula is C19H18N4O4S. The van der Waals surface area contributed by atoms with E-state index in [1.54, 1.807) is 17.0 Å².